The first-order valence-corrected chi connectivity index (χ1v) is 8.88. The Kier molecular flexibility index (Phi) is 7.54. The predicted octanol–water partition coefficient (Wildman–Crippen LogP) is 3.54. The molecule has 21 heavy (non-hydrogen) atoms. The maximum absolute atomic E-state index is 5.85. The van der Waals surface area contributed by atoms with Crippen molar-refractivity contribution < 1.29 is 4.74 Å². The van der Waals surface area contributed by atoms with Crippen LogP contribution in [0.25, 0.3) is 0 Å². The number of nitrogens with one attached hydrogen (secondary N) is 1. The standard InChI is InChI=1S/C17H27BrN2O/c1-2-10-20(14-15-4-3-9-19-13-15)11-12-21-17-7-5-16(18)6-8-17/h5-8,15,19H,2-4,9-14H2,1H3. The molecule has 0 saturated carbocycles. The molecule has 1 heterocycles. The van der Waals surface area contributed by atoms with Gasteiger partial charge in [0, 0.05) is 17.6 Å². The number of hydrogen-bond donors (Lipinski definition) is 1. The maximum Gasteiger partial charge on any atom is 0.119 e. The molecule has 0 amide bonds. The quantitative estimate of drug-likeness (QED) is 0.772. The number of benzene rings is 1. The summed E-state index contributed by atoms with van der Waals surface area (Å²) in [5.41, 5.74) is 0. The molecule has 1 fully saturated rings. The van der Waals surface area contributed by atoms with Crippen molar-refractivity contribution in [3.05, 3.63) is 28.7 Å². The number of rotatable bonds is 8. The second-order valence-corrected chi connectivity index (χ2v) is 6.73. The van der Waals surface area contributed by atoms with Gasteiger partial charge < -0.3 is 10.1 Å². The van der Waals surface area contributed by atoms with Crippen molar-refractivity contribution in [2.24, 2.45) is 5.92 Å². The number of piperidine rings is 1. The van der Waals surface area contributed by atoms with Gasteiger partial charge in [0.25, 0.3) is 0 Å². The van der Waals surface area contributed by atoms with Gasteiger partial charge in [-0.05, 0) is 69.1 Å². The van der Waals surface area contributed by atoms with Gasteiger partial charge in [-0.25, -0.2) is 0 Å². The van der Waals surface area contributed by atoms with Gasteiger partial charge in [0.05, 0.1) is 0 Å². The summed E-state index contributed by atoms with van der Waals surface area (Å²) < 4.78 is 6.94. The smallest absolute Gasteiger partial charge is 0.119 e. The molecule has 2 rings (SSSR count). The molecule has 0 spiro atoms. The van der Waals surface area contributed by atoms with Crippen LogP contribution in [0.2, 0.25) is 0 Å². The second-order valence-electron chi connectivity index (χ2n) is 5.82. The highest BCUT2D eigenvalue weighted by Crippen LogP contribution is 2.16. The fourth-order valence-corrected chi connectivity index (χ4v) is 3.14. The summed E-state index contributed by atoms with van der Waals surface area (Å²) in [4.78, 5) is 2.55. The SMILES string of the molecule is CCCN(CCOc1ccc(Br)cc1)CC1CCCNC1. The zero-order chi connectivity index (χ0) is 14.9. The Morgan fingerprint density at radius 1 is 1.29 bits per heavy atom. The van der Waals surface area contributed by atoms with E-state index in [0.29, 0.717) is 0 Å². The Morgan fingerprint density at radius 2 is 2.10 bits per heavy atom. The summed E-state index contributed by atoms with van der Waals surface area (Å²) in [7, 11) is 0. The van der Waals surface area contributed by atoms with E-state index in [4.69, 9.17) is 4.74 Å². The van der Waals surface area contributed by atoms with Crippen LogP contribution in [0, 0.1) is 5.92 Å². The van der Waals surface area contributed by atoms with Gasteiger partial charge in [-0.3, -0.25) is 4.90 Å². The van der Waals surface area contributed by atoms with E-state index in [-0.39, 0.29) is 0 Å². The Bertz CT molecular complexity index is 390. The normalized spacial score (nSPS) is 18.9. The number of halogens is 1. The van der Waals surface area contributed by atoms with Crippen LogP contribution < -0.4 is 10.1 Å². The van der Waals surface area contributed by atoms with Gasteiger partial charge >= 0.3 is 0 Å². The van der Waals surface area contributed by atoms with Crippen molar-refractivity contribution in [1.82, 2.24) is 10.2 Å². The first kappa shape index (κ1) is 16.8. The van der Waals surface area contributed by atoms with E-state index in [2.05, 4.69) is 33.1 Å². The fourth-order valence-electron chi connectivity index (χ4n) is 2.88. The highest BCUT2D eigenvalue weighted by Gasteiger charge is 2.16. The minimum Gasteiger partial charge on any atom is -0.492 e. The molecular weight excluding hydrogens is 328 g/mol. The van der Waals surface area contributed by atoms with Crippen LogP contribution in [0.5, 0.6) is 5.75 Å². The van der Waals surface area contributed by atoms with Crippen molar-refractivity contribution in [3.8, 4) is 5.75 Å². The minimum atomic E-state index is 0.766. The summed E-state index contributed by atoms with van der Waals surface area (Å²) in [6.07, 6.45) is 3.89. The molecular formula is C17H27BrN2O. The predicted molar refractivity (Wildman–Crippen MR) is 92.0 cm³/mol. The van der Waals surface area contributed by atoms with Gasteiger partial charge in [-0.2, -0.15) is 0 Å². The second kappa shape index (κ2) is 9.44. The van der Waals surface area contributed by atoms with Gasteiger partial charge in [0.15, 0.2) is 0 Å². The summed E-state index contributed by atoms with van der Waals surface area (Å²) >= 11 is 3.44. The summed E-state index contributed by atoms with van der Waals surface area (Å²) in [6.45, 7) is 8.76. The first-order chi connectivity index (χ1) is 10.3. The van der Waals surface area contributed by atoms with Crippen LogP contribution in [0.1, 0.15) is 26.2 Å². The fraction of sp³-hybridized carbons (Fsp3) is 0.647. The molecule has 1 N–H and O–H groups in total. The molecule has 3 nitrogen and oxygen atoms in total. The Labute approximate surface area is 137 Å². The van der Waals surface area contributed by atoms with E-state index in [1.165, 1.54) is 45.4 Å². The molecule has 1 aromatic rings. The van der Waals surface area contributed by atoms with E-state index in [1.807, 2.05) is 24.3 Å². The highest BCUT2D eigenvalue weighted by molar-refractivity contribution is 9.10. The topological polar surface area (TPSA) is 24.5 Å². The number of hydrogen-bond acceptors (Lipinski definition) is 3. The van der Waals surface area contributed by atoms with Gasteiger partial charge in [-0.1, -0.05) is 22.9 Å². The third-order valence-corrected chi connectivity index (χ3v) is 4.47. The van der Waals surface area contributed by atoms with E-state index in [0.717, 1.165) is 29.3 Å². The molecule has 0 aliphatic carbocycles. The van der Waals surface area contributed by atoms with Crippen molar-refractivity contribution in [2.45, 2.75) is 26.2 Å². The minimum absolute atomic E-state index is 0.766. The third kappa shape index (κ3) is 6.37. The van der Waals surface area contributed by atoms with Crippen LogP contribution in [0.4, 0.5) is 0 Å². The lowest BCUT2D eigenvalue weighted by atomic mass is 9.99. The maximum atomic E-state index is 5.85. The van der Waals surface area contributed by atoms with E-state index >= 15 is 0 Å². The lowest BCUT2D eigenvalue weighted by Gasteiger charge is -2.29. The van der Waals surface area contributed by atoms with Gasteiger partial charge in [0.1, 0.15) is 12.4 Å². The lowest BCUT2D eigenvalue weighted by molar-refractivity contribution is 0.173. The third-order valence-electron chi connectivity index (χ3n) is 3.95. The molecule has 118 valence electrons. The molecule has 1 aliphatic heterocycles. The van der Waals surface area contributed by atoms with Crippen LogP contribution >= 0.6 is 15.9 Å². The molecule has 1 aromatic carbocycles. The van der Waals surface area contributed by atoms with Crippen LogP contribution in [-0.2, 0) is 0 Å². The van der Waals surface area contributed by atoms with Crippen molar-refractivity contribution >= 4 is 15.9 Å². The lowest BCUT2D eigenvalue weighted by Crippen LogP contribution is -2.40. The van der Waals surface area contributed by atoms with Crippen molar-refractivity contribution in [3.63, 3.8) is 0 Å². The molecule has 0 aromatic heterocycles. The summed E-state index contributed by atoms with van der Waals surface area (Å²) in [6, 6.07) is 8.07. The van der Waals surface area contributed by atoms with Gasteiger partial charge in [0.2, 0.25) is 0 Å². The Balaban J connectivity index is 1.72. The molecule has 1 atom stereocenters. The van der Waals surface area contributed by atoms with Gasteiger partial charge in [-0.15, -0.1) is 0 Å². The van der Waals surface area contributed by atoms with Crippen LogP contribution in [0.3, 0.4) is 0 Å². The van der Waals surface area contributed by atoms with Crippen molar-refractivity contribution in [1.29, 1.82) is 0 Å². The van der Waals surface area contributed by atoms with E-state index in [1.54, 1.807) is 0 Å². The molecule has 0 bridgehead atoms. The molecule has 1 saturated heterocycles. The molecule has 1 unspecified atom stereocenters. The van der Waals surface area contributed by atoms with Crippen molar-refractivity contribution in [2.75, 3.05) is 39.3 Å². The Morgan fingerprint density at radius 3 is 2.76 bits per heavy atom. The highest BCUT2D eigenvalue weighted by atomic mass is 79.9. The van der Waals surface area contributed by atoms with Crippen LogP contribution in [-0.4, -0.2) is 44.2 Å². The monoisotopic (exact) mass is 354 g/mol. The average Bonchev–Trinajstić information content (AvgIpc) is 2.50. The molecule has 0 radical (unpaired) electrons. The summed E-state index contributed by atoms with van der Waals surface area (Å²) in [5.74, 6) is 1.76. The largest absolute Gasteiger partial charge is 0.492 e. The van der Waals surface area contributed by atoms with Crippen LogP contribution in [0.15, 0.2) is 28.7 Å². The zero-order valence-electron chi connectivity index (χ0n) is 13.0. The summed E-state index contributed by atoms with van der Waals surface area (Å²) in [5, 5.41) is 3.51. The van der Waals surface area contributed by atoms with E-state index in [9.17, 15) is 0 Å². The number of nitrogens with zero attached hydrogens (tertiary/aromatic N) is 1. The van der Waals surface area contributed by atoms with E-state index < -0.39 is 0 Å². The zero-order valence-corrected chi connectivity index (χ0v) is 14.6. The number of ether oxygens (including phenoxy) is 1. The first-order valence-electron chi connectivity index (χ1n) is 8.09. The Hall–Kier alpha value is -0.580. The average molecular weight is 355 g/mol. The molecule has 4 heteroatoms. The molecule has 1 aliphatic rings.